The van der Waals surface area contributed by atoms with Gasteiger partial charge in [-0.15, -0.1) is 0 Å². The molecule has 3 aromatic rings. The van der Waals surface area contributed by atoms with E-state index in [9.17, 15) is 0 Å². The molecule has 0 aliphatic carbocycles. The quantitative estimate of drug-likeness (QED) is 0.670. The fourth-order valence-corrected chi connectivity index (χ4v) is 2.65. The maximum atomic E-state index is 5.96. The summed E-state index contributed by atoms with van der Waals surface area (Å²) in [5.74, 6) is 0. The van der Waals surface area contributed by atoms with Crippen LogP contribution in [0.1, 0.15) is 12.5 Å². The van der Waals surface area contributed by atoms with Gasteiger partial charge in [-0.1, -0.05) is 54.6 Å². The molecule has 1 heteroatoms. The van der Waals surface area contributed by atoms with Crippen molar-refractivity contribution in [2.75, 3.05) is 0 Å². The molecule has 0 heterocycles. The first-order valence-corrected chi connectivity index (χ1v) is 6.40. The fraction of sp³-hybridized carbons (Fsp3) is 0.176. The second-order valence-electron chi connectivity index (χ2n) is 4.98. The van der Waals surface area contributed by atoms with E-state index in [1.807, 2.05) is 0 Å². The van der Waals surface area contributed by atoms with Gasteiger partial charge in [0.15, 0.2) is 0 Å². The predicted molar refractivity (Wildman–Crippen MR) is 78.8 cm³/mol. The molecule has 3 rings (SSSR count). The van der Waals surface area contributed by atoms with E-state index in [2.05, 4.69) is 61.5 Å². The van der Waals surface area contributed by atoms with Gasteiger partial charge in [0.1, 0.15) is 0 Å². The molecule has 1 nitrogen and oxygen atoms in total. The third kappa shape index (κ3) is 1.87. The van der Waals surface area contributed by atoms with Crippen molar-refractivity contribution >= 4 is 21.5 Å². The molecular weight excluding hydrogens is 218 g/mol. The molecule has 0 spiro atoms. The van der Waals surface area contributed by atoms with E-state index in [0.29, 0.717) is 0 Å². The second kappa shape index (κ2) is 4.43. The molecule has 90 valence electrons. The highest BCUT2D eigenvalue weighted by Crippen LogP contribution is 2.29. The lowest BCUT2D eigenvalue weighted by Gasteiger charge is -2.12. The lowest BCUT2D eigenvalue weighted by Crippen LogP contribution is -2.17. The summed E-state index contributed by atoms with van der Waals surface area (Å²) < 4.78 is 0. The molecule has 2 N–H and O–H groups in total. The van der Waals surface area contributed by atoms with Gasteiger partial charge in [-0.2, -0.15) is 0 Å². The molecule has 0 saturated heterocycles. The smallest absolute Gasteiger partial charge is 0.00511 e. The van der Waals surface area contributed by atoms with Crippen LogP contribution in [0.15, 0.2) is 54.6 Å². The molecular formula is C17H17N. The number of benzene rings is 3. The molecule has 0 amide bonds. The van der Waals surface area contributed by atoms with Crippen molar-refractivity contribution < 1.29 is 0 Å². The van der Waals surface area contributed by atoms with E-state index >= 15 is 0 Å². The largest absolute Gasteiger partial charge is 0.328 e. The molecule has 18 heavy (non-hydrogen) atoms. The van der Waals surface area contributed by atoms with Crippen LogP contribution < -0.4 is 5.73 Å². The van der Waals surface area contributed by atoms with Crippen LogP contribution in [-0.4, -0.2) is 6.04 Å². The second-order valence-corrected chi connectivity index (χ2v) is 4.98. The van der Waals surface area contributed by atoms with Gasteiger partial charge in [-0.3, -0.25) is 0 Å². The van der Waals surface area contributed by atoms with E-state index in [0.717, 1.165) is 6.42 Å². The first kappa shape index (κ1) is 11.2. The number of nitrogens with two attached hydrogens (primary N) is 1. The Morgan fingerprint density at radius 3 is 2.22 bits per heavy atom. The average molecular weight is 235 g/mol. The number of hydrogen-bond acceptors (Lipinski definition) is 1. The minimum Gasteiger partial charge on any atom is -0.328 e. The zero-order valence-electron chi connectivity index (χ0n) is 10.6. The Hall–Kier alpha value is -1.86. The van der Waals surface area contributed by atoms with Gasteiger partial charge in [0.25, 0.3) is 0 Å². The lowest BCUT2D eigenvalue weighted by atomic mass is 9.94. The molecule has 0 bridgehead atoms. The van der Waals surface area contributed by atoms with Crippen molar-refractivity contribution in [3.8, 4) is 0 Å². The Morgan fingerprint density at radius 1 is 0.889 bits per heavy atom. The third-order valence-corrected chi connectivity index (χ3v) is 3.40. The van der Waals surface area contributed by atoms with Crippen molar-refractivity contribution in [2.24, 2.45) is 5.73 Å². The predicted octanol–water partition coefficient (Wildman–Crippen LogP) is 3.88. The molecule has 0 aliphatic heterocycles. The van der Waals surface area contributed by atoms with E-state index in [-0.39, 0.29) is 6.04 Å². The van der Waals surface area contributed by atoms with Gasteiger partial charge in [0, 0.05) is 6.04 Å². The van der Waals surface area contributed by atoms with Gasteiger partial charge in [0.05, 0.1) is 0 Å². The minimum absolute atomic E-state index is 0.189. The monoisotopic (exact) mass is 235 g/mol. The Balaban J connectivity index is 2.39. The summed E-state index contributed by atoms with van der Waals surface area (Å²) in [4.78, 5) is 0. The van der Waals surface area contributed by atoms with Crippen molar-refractivity contribution in [1.29, 1.82) is 0 Å². The standard InChI is InChI=1S/C17H17N/c1-12(18)10-14-11-13-6-2-3-7-15(13)17-9-5-4-8-16(14)17/h2-9,11-12H,10,18H2,1H3. The molecule has 1 atom stereocenters. The van der Waals surface area contributed by atoms with Crippen LogP contribution in [0.5, 0.6) is 0 Å². The summed E-state index contributed by atoms with van der Waals surface area (Å²) in [5.41, 5.74) is 7.31. The van der Waals surface area contributed by atoms with Crippen LogP contribution in [0, 0.1) is 0 Å². The molecule has 0 aliphatic rings. The van der Waals surface area contributed by atoms with Gasteiger partial charge in [-0.25, -0.2) is 0 Å². The molecule has 0 aromatic heterocycles. The maximum absolute atomic E-state index is 5.96. The first-order chi connectivity index (χ1) is 8.75. The summed E-state index contributed by atoms with van der Waals surface area (Å²) in [5, 5.41) is 5.27. The van der Waals surface area contributed by atoms with E-state index < -0.39 is 0 Å². The number of fused-ring (bicyclic) bond motifs is 3. The molecule has 3 aromatic carbocycles. The zero-order chi connectivity index (χ0) is 12.5. The van der Waals surface area contributed by atoms with Crippen LogP contribution in [0.3, 0.4) is 0 Å². The summed E-state index contributed by atoms with van der Waals surface area (Å²) in [6, 6.07) is 19.6. The highest BCUT2D eigenvalue weighted by molar-refractivity contribution is 6.08. The van der Waals surface area contributed by atoms with Gasteiger partial charge in [-0.05, 0) is 40.5 Å². The first-order valence-electron chi connectivity index (χ1n) is 6.40. The topological polar surface area (TPSA) is 26.0 Å². The van der Waals surface area contributed by atoms with Gasteiger partial charge in [0.2, 0.25) is 0 Å². The summed E-state index contributed by atoms with van der Waals surface area (Å²) in [7, 11) is 0. The SMILES string of the molecule is CC(N)Cc1cc2ccccc2c2ccccc12. The lowest BCUT2D eigenvalue weighted by molar-refractivity contribution is 0.742. The fourth-order valence-electron chi connectivity index (χ4n) is 2.65. The van der Waals surface area contributed by atoms with Crippen LogP contribution in [0.4, 0.5) is 0 Å². The molecule has 1 unspecified atom stereocenters. The highest BCUT2D eigenvalue weighted by atomic mass is 14.6. The summed E-state index contributed by atoms with van der Waals surface area (Å²) in [6.45, 7) is 2.06. The normalized spacial score (nSPS) is 13.0. The third-order valence-electron chi connectivity index (χ3n) is 3.40. The Morgan fingerprint density at radius 2 is 1.50 bits per heavy atom. The highest BCUT2D eigenvalue weighted by Gasteiger charge is 2.07. The van der Waals surface area contributed by atoms with E-state index in [4.69, 9.17) is 5.73 Å². The van der Waals surface area contributed by atoms with Crippen molar-refractivity contribution in [3.63, 3.8) is 0 Å². The van der Waals surface area contributed by atoms with Crippen LogP contribution in [-0.2, 0) is 6.42 Å². The van der Waals surface area contributed by atoms with Crippen LogP contribution in [0.25, 0.3) is 21.5 Å². The molecule has 0 saturated carbocycles. The molecule has 0 radical (unpaired) electrons. The zero-order valence-corrected chi connectivity index (χ0v) is 10.6. The van der Waals surface area contributed by atoms with Crippen molar-refractivity contribution in [1.82, 2.24) is 0 Å². The van der Waals surface area contributed by atoms with Gasteiger partial charge < -0.3 is 5.73 Å². The van der Waals surface area contributed by atoms with Crippen LogP contribution in [0.2, 0.25) is 0 Å². The summed E-state index contributed by atoms with van der Waals surface area (Å²) >= 11 is 0. The Labute approximate surface area is 107 Å². The number of rotatable bonds is 2. The average Bonchev–Trinajstić information content (AvgIpc) is 2.38. The molecule has 0 fully saturated rings. The minimum atomic E-state index is 0.189. The van der Waals surface area contributed by atoms with Gasteiger partial charge >= 0.3 is 0 Å². The Kier molecular flexibility index (Phi) is 2.77. The van der Waals surface area contributed by atoms with Crippen molar-refractivity contribution in [2.45, 2.75) is 19.4 Å². The summed E-state index contributed by atoms with van der Waals surface area (Å²) in [6.07, 6.45) is 0.922. The maximum Gasteiger partial charge on any atom is 0.00511 e. The number of hydrogen-bond donors (Lipinski definition) is 1. The Bertz CT molecular complexity index is 698. The van der Waals surface area contributed by atoms with Crippen LogP contribution >= 0.6 is 0 Å². The van der Waals surface area contributed by atoms with Crippen molar-refractivity contribution in [3.05, 3.63) is 60.2 Å². The van der Waals surface area contributed by atoms with E-state index in [1.165, 1.54) is 27.1 Å². The van der Waals surface area contributed by atoms with E-state index in [1.54, 1.807) is 0 Å².